The summed E-state index contributed by atoms with van der Waals surface area (Å²) in [5.41, 5.74) is 1.08. The Morgan fingerprint density at radius 2 is 2.15 bits per heavy atom. The number of rotatable bonds is 6. The molecule has 0 radical (unpaired) electrons. The first-order valence-electron chi connectivity index (χ1n) is 8.60. The van der Waals surface area contributed by atoms with Gasteiger partial charge in [-0.2, -0.15) is 4.98 Å². The van der Waals surface area contributed by atoms with Crippen molar-refractivity contribution in [2.45, 2.75) is 25.8 Å². The van der Waals surface area contributed by atoms with Gasteiger partial charge >= 0.3 is 0 Å². The normalized spacial score (nSPS) is 17.0. The summed E-state index contributed by atoms with van der Waals surface area (Å²) in [6, 6.07) is 11.7. The minimum Gasteiger partial charge on any atom is -0.494 e. The molecule has 4 rings (SSSR count). The molecule has 1 aliphatic rings. The van der Waals surface area contributed by atoms with E-state index in [4.69, 9.17) is 9.26 Å². The molecule has 7 heteroatoms. The molecule has 1 aromatic carbocycles. The molecule has 0 spiro atoms. The monoisotopic (exact) mass is 369 g/mol. The highest BCUT2D eigenvalue weighted by atomic mass is 32.1. The Balaban J connectivity index is 1.42. The van der Waals surface area contributed by atoms with Crippen LogP contribution in [0, 0.1) is 0 Å². The van der Waals surface area contributed by atoms with Gasteiger partial charge in [0.25, 0.3) is 5.89 Å². The number of likely N-dealkylation sites (tertiary alicyclic amines) is 1. The second-order valence-electron chi connectivity index (χ2n) is 6.19. The Kier molecular flexibility index (Phi) is 4.71. The molecule has 134 valence electrons. The van der Waals surface area contributed by atoms with Gasteiger partial charge in [-0.05, 0) is 36.1 Å². The van der Waals surface area contributed by atoms with Crippen molar-refractivity contribution < 1.29 is 14.1 Å². The average molecular weight is 369 g/mol. The standard InChI is InChI=1S/C19H19N3O3S/c1-2-24-15-7-5-13(6-8-15)11-22-12-14(10-17(22)23)18-20-19(25-21-18)16-4-3-9-26-16/h3-9,14H,2,10-12H2,1H3. The van der Waals surface area contributed by atoms with Crippen molar-refractivity contribution in [3.8, 4) is 16.5 Å². The molecule has 1 saturated heterocycles. The minimum atomic E-state index is -0.0253. The van der Waals surface area contributed by atoms with Crippen molar-refractivity contribution in [2.24, 2.45) is 0 Å². The Bertz CT molecular complexity index is 874. The van der Waals surface area contributed by atoms with E-state index >= 15 is 0 Å². The minimum absolute atomic E-state index is 0.0253. The van der Waals surface area contributed by atoms with E-state index in [1.165, 1.54) is 0 Å². The fourth-order valence-corrected chi connectivity index (χ4v) is 3.72. The third-order valence-corrected chi connectivity index (χ3v) is 5.22. The number of hydrogen-bond acceptors (Lipinski definition) is 6. The molecule has 0 aliphatic carbocycles. The molecule has 3 aromatic rings. The zero-order valence-corrected chi connectivity index (χ0v) is 15.2. The lowest BCUT2D eigenvalue weighted by molar-refractivity contribution is -0.128. The summed E-state index contributed by atoms with van der Waals surface area (Å²) in [5.74, 6) is 2.06. The molecule has 26 heavy (non-hydrogen) atoms. The van der Waals surface area contributed by atoms with Crippen LogP contribution in [0.5, 0.6) is 5.75 Å². The van der Waals surface area contributed by atoms with E-state index < -0.39 is 0 Å². The van der Waals surface area contributed by atoms with Gasteiger partial charge in [0, 0.05) is 25.4 Å². The number of amides is 1. The van der Waals surface area contributed by atoms with Gasteiger partial charge in [-0.3, -0.25) is 4.79 Å². The summed E-state index contributed by atoms with van der Waals surface area (Å²) in [6.45, 7) is 3.79. The van der Waals surface area contributed by atoms with Crippen LogP contribution < -0.4 is 4.74 Å². The molecular weight excluding hydrogens is 350 g/mol. The topological polar surface area (TPSA) is 68.5 Å². The predicted octanol–water partition coefficient (Wildman–Crippen LogP) is 3.71. The van der Waals surface area contributed by atoms with Crippen LogP contribution in [0.25, 0.3) is 10.8 Å². The fourth-order valence-electron chi connectivity index (χ4n) is 3.08. The van der Waals surface area contributed by atoms with Crippen LogP contribution in [0.2, 0.25) is 0 Å². The smallest absolute Gasteiger partial charge is 0.267 e. The molecule has 3 heterocycles. The van der Waals surface area contributed by atoms with E-state index in [1.807, 2.05) is 53.6 Å². The van der Waals surface area contributed by atoms with E-state index in [0.29, 0.717) is 37.8 Å². The molecule has 1 amide bonds. The first-order chi connectivity index (χ1) is 12.7. The number of carbonyl (C=O) groups is 1. The maximum absolute atomic E-state index is 12.4. The SMILES string of the molecule is CCOc1ccc(CN2CC(c3noc(-c4cccs4)n3)CC2=O)cc1. The molecule has 0 bridgehead atoms. The number of ether oxygens (including phenoxy) is 1. The van der Waals surface area contributed by atoms with Crippen molar-refractivity contribution in [2.75, 3.05) is 13.2 Å². The predicted molar refractivity (Wildman–Crippen MR) is 98.0 cm³/mol. The summed E-state index contributed by atoms with van der Waals surface area (Å²) in [5, 5.41) is 6.06. The Labute approximate surface area is 155 Å². The number of benzene rings is 1. The van der Waals surface area contributed by atoms with Gasteiger partial charge in [-0.25, -0.2) is 0 Å². The highest BCUT2D eigenvalue weighted by Crippen LogP contribution is 2.30. The van der Waals surface area contributed by atoms with Crippen molar-refractivity contribution in [3.63, 3.8) is 0 Å². The lowest BCUT2D eigenvalue weighted by atomic mass is 10.1. The van der Waals surface area contributed by atoms with Crippen molar-refractivity contribution in [1.82, 2.24) is 15.0 Å². The van der Waals surface area contributed by atoms with Crippen LogP contribution in [0.3, 0.4) is 0 Å². The largest absolute Gasteiger partial charge is 0.494 e. The Morgan fingerprint density at radius 1 is 1.31 bits per heavy atom. The van der Waals surface area contributed by atoms with E-state index in [1.54, 1.807) is 11.3 Å². The molecule has 6 nitrogen and oxygen atoms in total. The second kappa shape index (κ2) is 7.29. The zero-order valence-electron chi connectivity index (χ0n) is 14.4. The lowest BCUT2D eigenvalue weighted by Gasteiger charge is -2.16. The molecule has 1 atom stereocenters. The quantitative estimate of drug-likeness (QED) is 0.662. The summed E-state index contributed by atoms with van der Waals surface area (Å²) in [4.78, 5) is 19.7. The zero-order chi connectivity index (χ0) is 17.9. The van der Waals surface area contributed by atoms with Crippen LogP contribution in [-0.4, -0.2) is 34.1 Å². The van der Waals surface area contributed by atoms with Gasteiger partial charge in [-0.1, -0.05) is 23.4 Å². The third kappa shape index (κ3) is 3.48. The average Bonchev–Trinajstić information content (AvgIpc) is 3.38. The maximum Gasteiger partial charge on any atom is 0.267 e. The van der Waals surface area contributed by atoms with Gasteiger partial charge in [0.1, 0.15) is 5.75 Å². The number of hydrogen-bond donors (Lipinski definition) is 0. The van der Waals surface area contributed by atoms with Gasteiger partial charge in [0.15, 0.2) is 5.82 Å². The number of aromatic nitrogens is 2. The fraction of sp³-hybridized carbons (Fsp3) is 0.316. The first kappa shape index (κ1) is 16.8. The highest BCUT2D eigenvalue weighted by molar-refractivity contribution is 7.13. The van der Waals surface area contributed by atoms with Gasteiger partial charge in [0.2, 0.25) is 5.91 Å². The number of carbonyl (C=O) groups excluding carboxylic acids is 1. The first-order valence-corrected chi connectivity index (χ1v) is 9.48. The number of thiophene rings is 1. The molecule has 0 saturated carbocycles. The Hall–Kier alpha value is -2.67. The summed E-state index contributed by atoms with van der Waals surface area (Å²) in [6.07, 6.45) is 0.417. The molecular formula is C19H19N3O3S. The molecule has 1 unspecified atom stereocenters. The van der Waals surface area contributed by atoms with Crippen molar-refractivity contribution in [1.29, 1.82) is 0 Å². The maximum atomic E-state index is 12.4. The highest BCUT2D eigenvalue weighted by Gasteiger charge is 2.33. The van der Waals surface area contributed by atoms with E-state index in [0.717, 1.165) is 16.2 Å². The van der Waals surface area contributed by atoms with Crippen molar-refractivity contribution >= 4 is 17.2 Å². The summed E-state index contributed by atoms with van der Waals surface area (Å²) >= 11 is 1.56. The summed E-state index contributed by atoms with van der Waals surface area (Å²) in [7, 11) is 0. The second-order valence-corrected chi connectivity index (χ2v) is 7.13. The van der Waals surface area contributed by atoms with Gasteiger partial charge < -0.3 is 14.2 Å². The number of nitrogens with zero attached hydrogens (tertiary/aromatic N) is 3. The van der Waals surface area contributed by atoms with Crippen LogP contribution in [0.4, 0.5) is 0 Å². The van der Waals surface area contributed by atoms with Crippen LogP contribution in [0.1, 0.15) is 30.7 Å². The van der Waals surface area contributed by atoms with Crippen LogP contribution in [-0.2, 0) is 11.3 Å². The summed E-state index contributed by atoms with van der Waals surface area (Å²) < 4.78 is 10.8. The van der Waals surface area contributed by atoms with E-state index in [-0.39, 0.29) is 11.8 Å². The Morgan fingerprint density at radius 3 is 2.88 bits per heavy atom. The van der Waals surface area contributed by atoms with E-state index in [9.17, 15) is 4.79 Å². The lowest BCUT2D eigenvalue weighted by Crippen LogP contribution is -2.24. The van der Waals surface area contributed by atoms with Crippen LogP contribution >= 0.6 is 11.3 Å². The van der Waals surface area contributed by atoms with Gasteiger partial charge in [-0.15, -0.1) is 11.3 Å². The molecule has 1 fully saturated rings. The molecule has 0 N–H and O–H groups in total. The van der Waals surface area contributed by atoms with E-state index in [2.05, 4.69) is 10.1 Å². The van der Waals surface area contributed by atoms with Crippen LogP contribution in [0.15, 0.2) is 46.3 Å². The van der Waals surface area contributed by atoms with Crippen molar-refractivity contribution in [3.05, 3.63) is 53.2 Å². The molecule has 1 aliphatic heterocycles. The molecule has 2 aromatic heterocycles. The van der Waals surface area contributed by atoms with Gasteiger partial charge in [0.05, 0.1) is 11.5 Å². The third-order valence-electron chi connectivity index (χ3n) is 4.36.